The number of thiazole rings is 1. The highest BCUT2D eigenvalue weighted by molar-refractivity contribution is 7.15. The first-order chi connectivity index (χ1) is 11.7. The van der Waals surface area contributed by atoms with E-state index in [0.717, 1.165) is 33.6 Å². The molecule has 7 heteroatoms. The van der Waals surface area contributed by atoms with E-state index in [2.05, 4.69) is 15.3 Å². The molecule has 0 aliphatic carbocycles. The maximum absolute atomic E-state index is 12.2. The minimum absolute atomic E-state index is 0.150. The Labute approximate surface area is 142 Å². The summed E-state index contributed by atoms with van der Waals surface area (Å²) in [5.74, 6) is 0.675. The smallest absolute Gasteiger partial charge is 0.271 e. The van der Waals surface area contributed by atoms with Gasteiger partial charge in [-0.15, -0.1) is 11.3 Å². The van der Waals surface area contributed by atoms with E-state index in [-0.39, 0.29) is 5.91 Å². The van der Waals surface area contributed by atoms with Crippen LogP contribution < -0.4 is 10.1 Å². The molecule has 4 rings (SSSR count). The van der Waals surface area contributed by atoms with Gasteiger partial charge in [-0.2, -0.15) is 0 Å². The first kappa shape index (κ1) is 14.8. The zero-order valence-electron chi connectivity index (χ0n) is 13.1. The van der Waals surface area contributed by atoms with Crippen LogP contribution in [0.15, 0.2) is 42.2 Å². The van der Waals surface area contributed by atoms with Crippen LogP contribution in [0.1, 0.15) is 16.1 Å². The largest absolute Gasteiger partial charge is 0.497 e. The molecule has 1 aromatic carbocycles. The Morgan fingerprint density at radius 1 is 1.46 bits per heavy atom. The van der Waals surface area contributed by atoms with E-state index in [1.807, 2.05) is 40.4 Å². The number of methoxy groups -OCH3 is 1. The monoisotopic (exact) mass is 340 g/mol. The molecule has 0 spiro atoms. The molecule has 0 fully saturated rings. The fourth-order valence-corrected chi connectivity index (χ4v) is 3.43. The summed E-state index contributed by atoms with van der Waals surface area (Å²) in [4.78, 5) is 20.6. The first-order valence-electron chi connectivity index (χ1n) is 7.59. The van der Waals surface area contributed by atoms with Crippen molar-refractivity contribution in [2.24, 2.45) is 0 Å². The molecular formula is C17H16N4O2S. The highest BCUT2D eigenvalue weighted by Crippen LogP contribution is 2.23. The summed E-state index contributed by atoms with van der Waals surface area (Å²) in [5.41, 5.74) is 2.66. The number of amides is 1. The Hall–Kier alpha value is -2.80. The van der Waals surface area contributed by atoms with Crippen molar-refractivity contribution in [3.05, 3.63) is 53.4 Å². The van der Waals surface area contributed by atoms with Gasteiger partial charge >= 0.3 is 0 Å². The summed E-state index contributed by atoms with van der Waals surface area (Å²) in [6.07, 6.45) is 6.35. The number of carbonyl (C=O) groups is 1. The second kappa shape index (κ2) is 6.01. The standard InChI is InChI=1S/C17H16N4O2S/c1-23-12-2-3-14-13(8-12)11(9-19-14)4-5-18-16(22)15-10-21-6-7-24-17(21)20-15/h2-3,6-10,19H,4-5H2,1H3,(H,18,22). The molecule has 0 saturated carbocycles. The lowest BCUT2D eigenvalue weighted by Crippen LogP contribution is -2.25. The first-order valence-corrected chi connectivity index (χ1v) is 8.47. The van der Waals surface area contributed by atoms with Crippen molar-refractivity contribution in [2.75, 3.05) is 13.7 Å². The van der Waals surface area contributed by atoms with Crippen LogP contribution in [0, 0.1) is 0 Å². The molecule has 0 atom stereocenters. The SMILES string of the molecule is COc1ccc2[nH]cc(CCNC(=O)c3cn4ccsc4n3)c2c1. The number of hydrogen-bond donors (Lipinski definition) is 2. The lowest BCUT2D eigenvalue weighted by molar-refractivity contribution is 0.0950. The minimum Gasteiger partial charge on any atom is -0.497 e. The van der Waals surface area contributed by atoms with E-state index in [0.29, 0.717) is 12.2 Å². The highest BCUT2D eigenvalue weighted by atomic mass is 32.1. The number of carbonyl (C=O) groups excluding carboxylic acids is 1. The van der Waals surface area contributed by atoms with Crippen LogP contribution in [0.5, 0.6) is 5.75 Å². The van der Waals surface area contributed by atoms with E-state index in [1.165, 1.54) is 11.3 Å². The Kier molecular flexibility index (Phi) is 3.70. The van der Waals surface area contributed by atoms with Crippen molar-refractivity contribution < 1.29 is 9.53 Å². The Morgan fingerprint density at radius 3 is 3.21 bits per heavy atom. The number of ether oxygens (including phenoxy) is 1. The van der Waals surface area contributed by atoms with Gasteiger partial charge in [-0.1, -0.05) is 0 Å². The Balaban J connectivity index is 1.43. The maximum atomic E-state index is 12.2. The normalized spacial score (nSPS) is 11.2. The van der Waals surface area contributed by atoms with Crippen LogP contribution in [0.2, 0.25) is 0 Å². The van der Waals surface area contributed by atoms with Crippen molar-refractivity contribution in [1.29, 1.82) is 0 Å². The average Bonchev–Trinajstić information content (AvgIpc) is 3.28. The molecule has 0 saturated heterocycles. The summed E-state index contributed by atoms with van der Waals surface area (Å²) in [6.45, 7) is 0.550. The Morgan fingerprint density at radius 2 is 2.38 bits per heavy atom. The molecular weight excluding hydrogens is 324 g/mol. The molecule has 122 valence electrons. The molecule has 0 unspecified atom stereocenters. The predicted molar refractivity (Wildman–Crippen MR) is 94.0 cm³/mol. The van der Waals surface area contributed by atoms with E-state index in [4.69, 9.17) is 4.74 Å². The van der Waals surface area contributed by atoms with Crippen molar-refractivity contribution in [2.45, 2.75) is 6.42 Å². The van der Waals surface area contributed by atoms with Gasteiger partial charge < -0.3 is 15.0 Å². The third-order valence-electron chi connectivity index (χ3n) is 3.98. The van der Waals surface area contributed by atoms with Crippen LogP contribution in [0.25, 0.3) is 15.9 Å². The molecule has 0 bridgehead atoms. The summed E-state index contributed by atoms with van der Waals surface area (Å²) >= 11 is 1.51. The van der Waals surface area contributed by atoms with Crippen molar-refractivity contribution in [1.82, 2.24) is 19.7 Å². The van der Waals surface area contributed by atoms with Crippen molar-refractivity contribution >= 4 is 33.1 Å². The van der Waals surface area contributed by atoms with Crippen LogP contribution in [0.4, 0.5) is 0 Å². The topological polar surface area (TPSA) is 71.4 Å². The fourth-order valence-electron chi connectivity index (χ4n) is 2.73. The van der Waals surface area contributed by atoms with Crippen molar-refractivity contribution in [3.63, 3.8) is 0 Å². The highest BCUT2D eigenvalue weighted by Gasteiger charge is 2.11. The third kappa shape index (κ3) is 2.63. The molecule has 6 nitrogen and oxygen atoms in total. The zero-order chi connectivity index (χ0) is 16.5. The van der Waals surface area contributed by atoms with Crippen LogP contribution in [-0.2, 0) is 6.42 Å². The molecule has 2 N–H and O–H groups in total. The molecule has 4 aromatic rings. The summed E-state index contributed by atoms with van der Waals surface area (Å²) in [6, 6.07) is 5.93. The third-order valence-corrected chi connectivity index (χ3v) is 4.75. The Bertz CT molecular complexity index is 986. The fraction of sp³-hybridized carbons (Fsp3) is 0.176. The van der Waals surface area contributed by atoms with E-state index in [1.54, 1.807) is 13.3 Å². The number of aromatic nitrogens is 3. The van der Waals surface area contributed by atoms with Gasteiger partial charge in [0, 0.05) is 41.4 Å². The molecule has 3 aromatic heterocycles. The molecule has 3 heterocycles. The lowest BCUT2D eigenvalue weighted by atomic mass is 10.1. The molecule has 0 aliphatic heterocycles. The number of aromatic amines is 1. The number of rotatable bonds is 5. The van der Waals surface area contributed by atoms with Crippen LogP contribution >= 0.6 is 11.3 Å². The number of nitrogens with one attached hydrogen (secondary N) is 2. The summed E-state index contributed by atoms with van der Waals surface area (Å²) in [7, 11) is 1.66. The number of imidazole rings is 1. The van der Waals surface area contributed by atoms with Gasteiger partial charge in [0.15, 0.2) is 4.96 Å². The maximum Gasteiger partial charge on any atom is 0.271 e. The van der Waals surface area contributed by atoms with Crippen LogP contribution in [0.3, 0.4) is 0 Å². The van der Waals surface area contributed by atoms with Gasteiger partial charge in [0.1, 0.15) is 11.4 Å². The number of nitrogens with zero attached hydrogens (tertiary/aromatic N) is 2. The average molecular weight is 340 g/mol. The summed E-state index contributed by atoms with van der Waals surface area (Å²) < 4.78 is 7.13. The number of benzene rings is 1. The minimum atomic E-state index is -0.150. The molecule has 24 heavy (non-hydrogen) atoms. The second-order valence-electron chi connectivity index (χ2n) is 5.45. The molecule has 0 aliphatic rings. The zero-order valence-corrected chi connectivity index (χ0v) is 13.9. The number of H-pyrrole nitrogens is 1. The quantitative estimate of drug-likeness (QED) is 0.587. The van der Waals surface area contributed by atoms with E-state index in [9.17, 15) is 4.79 Å². The number of hydrogen-bond acceptors (Lipinski definition) is 4. The van der Waals surface area contributed by atoms with E-state index < -0.39 is 0 Å². The second-order valence-corrected chi connectivity index (χ2v) is 6.32. The summed E-state index contributed by atoms with van der Waals surface area (Å²) in [5, 5.41) is 5.98. The van der Waals surface area contributed by atoms with Gasteiger partial charge in [-0.05, 0) is 30.2 Å². The lowest BCUT2D eigenvalue weighted by Gasteiger charge is -2.04. The molecule has 1 amide bonds. The van der Waals surface area contributed by atoms with E-state index >= 15 is 0 Å². The van der Waals surface area contributed by atoms with Gasteiger partial charge in [-0.3, -0.25) is 9.20 Å². The van der Waals surface area contributed by atoms with Crippen molar-refractivity contribution in [3.8, 4) is 5.75 Å². The van der Waals surface area contributed by atoms with Crippen LogP contribution in [-0.4, -0.2) is 33.9 Å². The number of fused-ring (bicyclic) bond motifs is 2. The predicted octanol–water partition coefficient (Wildman–Crippen LogP) is 2.86. The van der Waals surface area contributed by atoms with Gasteiger partial charge in [0.25, 0.3) is 5.91 Å². The molecule has 0 radical (unpaired) electrons. The van der Waals surface area contributed by atoms with Gasteiger partial charge in [0.05, 0.1) is 7.11 Å². The van der Waals surface area contributed by atoms with Gasteiger partial charge in [0.2, 0.25) is 0 Å². The van der Waals surface area contributed by atoms with Gasteiger partial charge in [-0.25, -0.2) is 4.98 Å².